The SMILES string of the molecule is CC1COC(=O)C(C)CC(C)C(=O)OCC(C)NCOCC2(COCN1)COCNC(C)COC(=O)C(C)CC(C)C(=O)OCC(C)NCOC2. The van der Waals surface area contributed by atoms with E-state index in [0.717, 1.165) is 0 Å². The molecule has 0 aromatic carbocycles. The number of rotatable bonds is 0. The van der Waals surface area contributed by atoms with Crippen LogP contribution >= 0.6 is 0 Å². The average molecular weight is 733 g/mol. The second-order valence-electron chi connectivity index (χ2n) is 14.5. The van der Waals surface area contributed by atoms with E-state index in [-0.39, 0.29) is 128 Å². The van der Waals surface area contributed by atoms with Crippen LogP contribution in [0.4, 0.5) is 0 Å². The van der Waals surface area contributed by atoms with Crippen LogP contribution in [0.15, 0.2) is 0 Å². The van der Waals surface area contributed by atoms with Gasteiger partial charge in [0.1, 0.15) is 26.4 Å². The van der Waals surface area contributed by atoms with Crippen molar-refractivity contribution in [2.24, 2.45) is 29.1 Å². The van der Waals surface area contributed by atoms with Gasteiger partial charge in [0.15, 0.2) is 0 Å². The largest absolute Gasteiger partial charge is 0.464 e. The van der Waals surface area contributed by atoms with Gasteiger partial charge < -0.3 is 37.9 Å². The minimum Gasteiger partial charge on any atom is -0.464 e. The Balaban J connectivity index is 2.17. The summed E-state index contributed by atoms with van der Waals surface area (Å²) in [5.41, 5.74) is -0.777. The molecule has 0 aromatic heterocycles. The zero-order valence-corrected chi connectivity index (χ0v) is 31.9. The van der Waals surface area contributed by atoms with E-state index in [0.29, 0.717) is 12.8 Å². The van der Waals surface area contributed by atoms with Crippen molar-refractivity contribution in [3.63, 3.8) is 0 Å². The highest BCUT2D eigenvalue weighted by Gasteiger charge is 2.33. The first-order valence-corrected chi connectivity index (χ1v) is 18.1. The molecule has 1 spiro atoms. The lowest BCUT2D eigenvalue weighted by molar-refractivity contribution is -0.154. The van der Waals surface area contributed by atoms with Gasteiger partial charge >= 0.3 is 23.9 Å². The molecule has 0 aliphatic carbocycles. The number of carbonyl (C=O) groups excluding carboxylic acids is 4. The maximum Gasteiger partial charge on any atom is 0.308 e. The molecular weight excluding hydrogens is 668 g/mol. The number of esters is 4. The van der Waals surface area contributed by atoms with Crippen LogP contribution in [0.2, 0.25) is 0 Å². The molecule has 2 heterocycles. The Morgan fingerprint density at radius 1 is 0.412 bits per heavy atom. The van der Waals surface area contributed by atoms with Crippen molar-refractivity contribution in [3.8, 4) is 0 Å². The summed E-state index contributed by atoms with van der Waals surface area (Å²) >= 11 is 0. The second kappa shape index (κ2) is 24.0. The van der Waals surface area contributed by atoms with Gasteiger partial charge in [0.25, 0.3) is 0 Å². The summed E-state index contributed by atoms with van der Waals surface area (Å²) in [6.45, 7) is 16.4. The standard InChI is InChI=1S/C35H64N4O12/c1-23-9-24(2)32(41)49-12-28(6)37-20-45-16-35(15-44-19-36-27(5)11-48-31(23)40)17-46-21-38-29(7)13-50-33(42)25(3)10-26(4)34(43)51-14-30(8)39-22-47-18-35/h23-30,36-39H,9-22H2,1-8H3. The minimum absolute atomic E-state index is 0.130. The van der Waals surface area contributed by atoms with Crippen molar-refractivity contribution in [1.82, 2.24) is 21.3 Å². The Hall–Kier alpha value is -2.44. The van der Waals surface area contributed by atoms with E-state index in [9.17, 15) is 19.2 Å². The summed E-state index contributed by atoms with van der Waals surface area (Å²) < 4.78 is 46.4. The first-order chi connectivity index (χ1) is 24.2. The van der Waals surface area contributed by atoms with E-state index >= 15 is 0 Å². The summed E-state index contributed by atoms with van der Waals surface area (Å²) in [6.07, 6.45) is 0.643. The average Bonchev–Trinajstić information content (AvgIpc) is 3.10. The molecule has 2 fully saturated rings. The number of cyclic esters (lactones) is 4. The van der Waals surface area contributed by atoms with Gasteiger partial charge in [0.05, 0.1) is 82.4 Å². The minimum atomic E-state index is -0.777. The van der Waals surface area contributed by atoms with E-state index in [2.05, 4.69) is 21.3 Å². The van der Waals surface area contributed by atoms with Gasteiger partial charge in [-0.25, -0.2) is 0 Å². The third-order valence-electron chi connectivity index (χ3n) is 8.69. The Morgan fingerprint density at radius 2 is 0.627 bits per heavy atom. The molecule has 4 N–H and O–H groups in total. The van der Waals surface area contributed by atoms with Gasteiger partial charge in [0, 0.05) is 24.2 Å². The van der Waals surface area contributed by atoms with Crippen LogP contribution in [0.25, 0.3) is 0 Å². The normalized spacial score (nSPS) is 35.8. The highest BCUT2D eigenvalue weighted by Crippen LogP contribution is 2.21. The smallest absolute Gasteiger partial charge is 0.308 e. The van der Waals surface area contributed by atoms with Crippen LogP contribution < -0.4 is 21.3 Å². The molecule has 0 bridgehead atoms. The van der Waals surface area contributed by atoms with E-state index in [1.165, 1.54) is 0 Å². The Bertz CT molecular complexity index is 893. The van der Waals surface area contributed by atoms with Crippen LogP contribution in [0.5, 0.6) is 0 Å². The third-order valence-corrected chi connectivity index (χ3v) is 8.69. The summed E-state index contributed by atoms with van der Waals surface area (Å²) in [5, 5.41) is 12.8. The lowest BCUT2D eigenvalue weighted by atomic mass is 9.92. The van der Waals surface area contributed by atoms with Crippen LogP contribution in [-0.2, 0) is 57.1 Å². The number of carbonyl (C=O) groups is 4. The molecule has 2 saturated heterocycles. The number of nitrogens with one attached hydrogen (secondary N) is 4. The predicted octanol–water partition coefficient (Wildman–Crippen LogP) is 1.31. The molecule has 2 aliphatic heterocycles. The van der Waals surface area contributed by atoms with Crippen molar-refractivity contribution >= 4 is 23.9 Å². The molecule has 0 saturated carbocycles. The van der Waals surface area contributed by atoms with E-state index < -0.39 is 29.1 Å². The summed E-state index contributed by atoms with van der Waals surface area (Å²) in [6, 6.07) is -0.819. The van der Waals surface area contributed by atoms with Gasteiger partial charge in [-0.1, -0.05) is 27.7 Å². The zero-order chi connectivity index (χ0) is 37.8. The zero-order valence-electron chi connectivity index (χ0n) is 31.9. The van der Waals surface area contributed by atoms with E-state index in [4.69, 9.17) is 37.9 Å². The summed E-state index contributed by atoms with van der Waals surface area (Å²) in [5.74, 6) is -3.40. The fourth-order valence-corrected chi connectivity index (χ4v) is 5.20. The molecule has 8 atom stereocenters. The molecule has 296 valence electrons. The first-order valence-electron chi connectivity index (χ1n) is 18.1. The number of hydrogen-bond donors (Lipinski definition) is 4. The van der Waals surface area contributed by atoms with Gasteiger partial charge in [-0.3, -0.25) is 40.4 Å². The molecule has 16 nitrogen and oxygen atoms in total. The van der Waals surface area contributed by atoms with E-state index in [1.807, 2.05) is 27.7 Å². The highest BCUT2D eigenvalue weighted by molar-refractivity contribution is 5.76. The molecule has 0 amide bonds. The van der Waals surface area contributed by atoms with Crippen molar-refractivity contribution in [3.05, 3.63) is 0 Å². The fraction of sp³-hybridized carbons (Fsp3) is 0.886. The van der Waals surface area contributed by atoms with Gasteiger partial charge in [-0.2, -0.15) is 0 Å². The second-order valence-corrected chi connectivity index (χ2v) is 14.5. The molecular formula is C35H64N4O12. The quantitative estimate of drug-likeness (QED) is 0.206. The van der Waals surface area contributed by atoms with Crippen LogP contribution in [0, 0.1) is 29.1 Å². The predicted molar refractivity (Wildman–Crippen MR) is 186 cm³/mol. The molecule has 16 heteroatoms. The number of hydrogen-bond acceptors (Lipinski definition) is 16. The Kier molecular flexibility index (Phi) is 21.0. The van der Waals surface area contributed by atoms with Crippen molar-refractivity contribution < 1.29 is 57.1 Å². The topological polar surface area (TPSA) is 190 Å². The van der Waals surface area contributed by atoms with Crippen LogP contribution in [0.1, 0.15) is 68.2 Å². The van der Waals surface area contributed by atoms with Gasteiger partial charge in [0.2, 0.25) is 0 Å². The molecule has 51 heavy (non-hydrogen) atoms. The molecule has 0 aromatic rings. The Labute approximate surface area is 303 Å². The van der Waals surface area contributed by atoms with Crippen molar-refractivity contribution in [1.29, 1.82) is 0 Å². The molecule has 0 radical (unpaired) electrons. The van der Waals surface area contributed by atoms with Crippen molar-refractivity contribution in [2.45, 2.75) is 92.4 Å². The summed E-state index contributed by atoms with van der Waals surface area (Å²) in [7, 11) is 0. The Morgan fingerprint density at radius 3 is 0.843 bits per heavy atom. The maximum absolute atomic E-state index is 12.6. The highest BCUT2D eigenvalue weighted by atomic mass is 16.6. The molecule has 2 aliphatic rings. The van der Waals surface area contributed by atoms with Gasteiger partial charge in [-0.15, -0.1) is 0 Å². The van der Waals surface area contributed by atoms with E-state index in [1.54, 1.807) is 27.7 Å². The third kappa shape index (κ3) is 18.2. The first kappa shape index (κ1) is 44.7. The molecule has 8 unspecified atom stereocenters. The monoisotopic (exact) mass is 732 g/mol. The number of ether oxygens (including phenoxy) is 8. The molecule has 2 rings (SSSR count). The van der Waals surface area contributed by atoms with Crippen molar-refractivity contribution in [2.75, 3.05) is 79.8 Å². The summed E-state index contributed by atoms with van der Waals surface area (Å²) in [4.78, 5) is 50.4. The fourth-order valence-electron chi connectivity index (χ4n) is 5.20. The maximum atomic E-state index is 12.6. The van der Waals surface area contributed by atoms with Crippen LogP contribution in [-0.4, -0.2) is 128 Å². The lowest BCUT2D eigenvalue weighted by Gasteiger charge is -2.34. The van der Waals surface area contributed by atoms with Gasteiger partial charge in [-0.05, 0) is 40.5 Å². The van der Waals surface area contributed by atoms with Crippen LogP contribution in [0.3, 0.4) is 0 Å². The lowest BCUT2D eigenvalue weighted by Crippen LogP contribution is -2.46.